The van der Waals surface area contributed by atoms with Gasteiger partial charge in [0.05, 0.1) is 0 Å². The van der Waals surface area contributed by atoms with Crippen LogP contribution in [0.15, 0.2) is 0 Å². The molecule has 4 nitrogen and oxygen atoms in total. The van der Waals surface area contributed by atoms with E-state index < -0.39 is 0 Å². The van der Waals surface area contributed by atoms with E-state index in [1.165, 1.54) is 6.42 Å². The monoisotopic (exact) mass is 227 g/mol. The van der Waals surface area contributed by atoms with Crippen LogP contribution < -0.4 is 0 Å². The van der Waals surface area contributed by atoms with Gasteiger partial charge in [0.2, 0.25) is 0 Å². The number of nitrogens with one attached hydrogen (secondary N) is 1. The summed E-state index contributed by atoms with van der Waals surface area (Å²) in [5.74, 6) is 1.76. The maximum absolute atomic E-state index is 5.36. The predicted octanol–water partition coefficient (Wildman–Crippen LogP) is 1.93. The standard InChI is InChI=1S/C10H17N3OS/c1-2-9-11-12-10(15)13(9)5-3-8-4-6-14-7-8/h8H,2-7H2,1H3,(H,12,15). The summed E-state index contributed by atoms with van der Waals surface area (Å²) in [6.07, 6.45) is 3.25. The molecule has 1 N–H and O–H groups in total. The maximum atomic E-state index is 5.36. The van der Waals surface area contributed by atoms with Crippen LogP contribution in [0, 0.1) is 10.7 Å². The average Bonchev–Trinajstić information content (AvgIpc) is 2.84. The molecular formula is C10H17N3OS. The fraction of sp³-hybridized carbons (Fsp3) is 0.800. The SMILES string of the molecule is CCc1n[nH]c(=S)n1CCC1CCOC1. The molecule has 1 aromatic rings. The largest absolute Gasteiger partial charge is 0.381 e. The third kappa shape index (κ3) is 2.46. The molecule has 15 heavy (non-hydrogen) atoms. The highest BCUT2D eigenvalue weighted by Gasteiger charge is 2.16. The summed E-state index contributed by atoms with van der Waals surface area (Å²) < 4.78 is 8.20. The van der Waals surface area contributed by atoms with Crippen molar-refractivity contribution in [2.24, 2.45) is 5.92 Å². The molecule has 0 radical (unpaired) electrons. The van der Waals surface area contributed by atoms with E-state index >= 15 is 0 Å². The lowest BCUT2D eigenvalue weighted by Gasteiger charge is -2.09. The van der Waals surface area contributed by atoms with E-state index in [1.807, 2.05) is 0 Å². The molecule has 0 amide bonds. The Bertz CT molecular complexity index is 365. The number of ether oxygens (including phenoxy) is 1. The van der Waals surface area contributed by atoms with Gasteiger partial charge in [-0.2, -0.15) is 5.10 Å². The van der Waals surface area contributed by atoms with E-state index in [9.17, 15) is 0 Å². The molecule has 1 unspecified atom stereocenters. The summed E-state index contributed by atoms with van der Waals surface area (Å²) >= 11 is 5.19. The minimum atomic E-state index is 0.700. The van der Waals surface area contributed by atoms with Gasteiger partial charge in [-0.3, -0.25) is 5.10 Å². The number of aromatic amines is 1. The van der Waals surface area contributed by atoms with E-state index in [0.717, 1.165) is 43.2 Å². The number of hydrogen-bond acceptors (Lipinski definition) is 3. The lowest BCUT2D eigenvalue weighted by atomic mass is 10.1. The number of hydrogen-bond donors (Lipinski definition) is 1. The van der Waals surface area contributed by atoms with Crippen molar-refractivity contribution in [3.63, 3.8) is 0 Å². The first-order valence-electron chi connectivity index (χ1n) is 5.53. The minimum absolute atomic E-state index is 0.700. The van der Waals surface area contributed by atoms with E-state index in [-0.39, 0.29) is 0 Å². The highest BCUT2D eigenvalue weighted by Crippen LogP contribution is 2.17. The third-order valence-corrected chi connectivity index (χ3v) is 3.25. The molecule has 1 saturated heterocycles. The minimum Gasteiger partial charge on any atom is -0.381 e. The van der Waals surface area contributed by atoms with Crippen molar-refractivity contribution in [2.45, 2.75) is 32.7 Å². The van der Waals surface area contributed by atoms with Gasteiger partial charge in [-0.25, -0.2) is 0 Å². The number of aryl methyl sites for hydroxylation is 1. The molecule has 1 aliphatic heterocycles. The molecule has 0 bridgehead atoms. The Morgan fingerprint density at radius 2 is 2.53 bits per heavy atom. The number of nitrogens with zero attached hydrogens (tertiary/aromatic N) is 2. The van der Waals surface area contributed by atoms with Gasteiger partial charge in [0.15, 0.2) is 4.77 Å². The van der Waals surface area contributed by atoms with Crippen LogP contribution in [0.2, 0.25) is 0 Å². The van der Waals surface area contributed by atoms with Gasteiger partial charge in [-0.1, -0.05) is 6.92 Å². The van der Waals surface area contributed by atoms with Crippen LogP contribution in [0.1, 0.15) is 25.6 Å². The van der Waals surface area contributed by atoms with E-state index in [0.29, 0.717) is 5.92 Å². The van der Waals surface area contributed by atoms with Crippen molar-refractivity contribution in [2.75, 3.05) is 13.2 Å². The van der Waals surface area contributed by atoms with Crippen molar-refractivity contribution in [1.82, 2.24) is 14.8 Å². The Kier molecular flexibility index (Phi) is 3.53. The molecule has 1 aromatic heterocycles. The third-order valence-electron chi connectivity index (χ3n) is 2.94. The van der Waals surface area contributed by atoms with Crippen molar-refractivity contribution < 1.29 is 4.74 Å². The fourth-order valence-electron chi connectivity index (χ4n) is 1.97. The van der Waals surface area contributed by atoms with Crippen molar-refractivity contribution in [3.8, 4) is 0 Å². The second-order valence-electron chi connectivity index (χ2n) is 3.97. The molecule has 0 saturated carbocycles. The summed E-state index contributed by atoms with van der Waals surface area (Å²) in [7, 11) is 0. The topological polar surface area (TPSA) is 42.8 Å². The molecule has 1 aliphatic rings. The van der Waals surface area contributed by atoms with E-state index in [1.54, 1.807) is 0 Å². The molecule has 5 heteroatoms. The smallest absolute Gasteiger partial charge is 0.195 e. The molecule has 2 heterocycles. The highest BCUT2D eigenvalue weighted by molar-refractivity contribution is 7.71. The number of rotatable bonds is 4. The predicted molar refractivity (Wildman–Crippen MR) is 60.3 cm³/mol. The molecule has 2 rings (SSSR count). The van der Waals surface area contributed by atoms with Gasteiger partial charge < -0.3 is 9.30 Å². The second-order valence-corrected chi connectivity index (χ2v) is 4.36. The Morgan fingerprint density at radius 1 is 1.67 bits per heavy atom. The van der Waals surface area contributed by atoms with Crippen LogP contribution in [0.5, 0.6) is 0 Å². The van der Waals surface area contributed by atoms with Gasteiger partial charge in [0.1, 0.15) is 5.82 Å². The zero-order valence-corrected chi connectivity index (χ0v) is 9.85. The van der Waals surface area contributed by atoms with E-state index in [4.69, 9.17) is 17.0 Å². The van der Waals surface area contributed by atoms with Gasteiger partial charge in [0, 0.05) is 26.2 Å². The van der Waals surface area contributed by atoms with E-state index in [2.05, 4.69) is 21.7 Å². The average molecular weight is 227 g/mol. The highest BCUT2D eigenvalue weighted by atomic mass is 32.1. The van der Waals surface area contributed by atoms with Crippen LogP contribution in [-0.4, -0.2) is 28.0 Å². The molecule has 1 fully saturated rings. The number of aromatic nitrogens is 3. The Hall–Kier alpha value is -0.680. The normalized spacial score (nSPS) is 21.0. The van der Waals surface area contributed by atoms with Crippen LogP contribution in [0.25, 0.3) is 0 Å². The summed E-state index contributed by atoms with van der Waals surface area (Å²) in [6, 6.07) is 0. The zero-order valence-electron chi connectivity index (χ0n) is 9.03. The first-order valence-corrected chi connectivity index (χ1v) is 5.94. The molecule has 0 aromatic carbocycles. The van der Waals surface area contributed by atoms with Gasteiger partial charge in [0.25, 0.3) is 0 Å². The Morgan fingerprint density at radius 3 is 3.20 bits per heavy atom. The first kappa shape index (κ1) is 10.8. The molecular weight excluding hydrogens is 210 g/mol. The molecule has 0 spiro atoms. The van der Waals surface area contributed by atoms with Crippen molar-refractivity contribution in [1.29, 1.82) is 0 Å². The summed E-state index contributed by atoms with van der Waals surface area (Å²) in [6.45, 7) is 4.89. The quantitative estimate of drug-likeness (QED) is 0.799. The number of H-pyrrole nitrogens is 1. The van der Waals surface area contributed by atoms with Gasteiger partial charge in [-0.15, -0.1) is 0 Å². The van der Waals surface area contributed by atoms with Crippen molar-refractivity contribution in [3.05, 3.63) is 10.6 Å². The van der Waals surface area contributed by atoms with Crippen LogP contribution in [-0.2, 0) is 17.7 Å². The fourth-order valence-corrected chi connectivity index (χ4v) is 2.22. The maximum Gasteiger partial charge on any atom is 0.195 e. The lowest BCUT2D eigenvalue weighted by molar-refractivity contribution is 0.183. The Balaban J connectivity index is 1.97. The lowest BCUT2D eigenvalue weighted by Crippen LogP contribution is -2.09. The van der Waals surface area contributed by atoms with Crippen LogP contribution in [0.4, 0.5) is 0 Å². The van der Waals surface area contributed by atoms with Crippen LogP contribution >= 0.6 is 12.2 Å². The Labute approximate surface area is 94.6 Å². The molecule has 1 atom stereocenters. The van der Waals surface area contributed by atoms with Crippen LogP contribution in [0.3, 0.4) is 0 Å². The van der Waals surface area contributed by atoms with Gasteiger partial charge >= 0.3 is 0 Å². The summed E-state index contributed by atoms with van der Waals surface area (Å²) in [4.78, 5) is 0. The second kappa shape index (κ2) is 4.90. The summed E-state index contributed by atoms with van der Waals surface area (Å²) in [5.41, 5.74) is 0. The molecule has 0 aliphatic carbocycles. The van der Waals surface area contributed by atoms with Gasteiger partial charge in [-0.05, 0) is 31.0 Å². The van der Waals surface area contributed by atoms with Crippen molar-refractivity contribution >= 4 is 12.2 Å². The first-order chi connectivity index (χ1) is 7.31. The zero-order chi connectivity index (χ0) is 10.7. The summed E-state index contributed by atoms with van der Waals surface area (Å²) in [5, 5.41) is 7.04. The molecule has 84 valence electrons.